The van der Waals surface area contributed by atoms with E-state index in [0.29, 0.717) is 15.4 Å². The lowest BCUT2D eigenvalue weighted by atomic mass is 10.2. The van der Waals surface area contributed by atoms with Gasteiger partial charge in [0.1, 0.15) is 4.83 Å². The summed E-state index contributed by atoms with van der Waals surface area (Å²) < 4.78 is 1.78. The second kappa shape index (κ2) is 8.02. The molecule has 2 aromatic heterocycles. The highest BCUT2D eigenvalue weighted by Gasteiger charge is 2.27. The Balaban J connectivity index is 2.02. The van der Waals surface area contributed by atoms with Gasteiger partial charge in [-0.1, -0.05) is 24.6 Å². The molecule has 27 heavy (non-hydrogen) atoms. The maximum atomic E-state index is 13.3. The minimum atomic E-state index is -0.554. The molecule has 0 spiro atoms. The number of carbonyl (C=O) groups is 2. The zero-order valence-corrected chi connectivity index (χ0v) is 17.6. The predicted molar refractivity (Wildman–Crippen MR) is 109 cm³/mol. The number of thiophene rings is 1. The van der Waals surface area contributed by atoms with Crippen molar-refractivity contribution in [2.75, 3.05) is 7.05 Å². The first-order valence-electron chi connectivity index (χ1n) is 9.05. The lowest BCUT2D eigenvalue weighted by molar-refractivity contribution is -0.119. The Bertz CT molecular complexity index is 944. The van der Waals surface area contributed by atoms with Gasteiger partial charge in [0.05, 0.1) is 10.6 Å². The Kier molecular flexibility index (Phi) is 5.90. The fourth-order valence-corrected chi connectivity index (χ4v) is 5.39. The van der Waals surface area contributed by atoms with Crippen LogP contribution >= 0.6 is 23.1 Å². The molecule has 0 saturated heterocycles. The number of nitrogens with one attached hydrogen (secondary N) is 2. The highest BCUT2D eigenvalue weighted by molar-refractivity contribution is 8.00. The molecule has 1 saturated carbocycles. The molecule has 1 aliphatic carbocycles. The molecule has 0 aromatic carbocycles. The van der Waals surface area contributed by atoms with E-state index in [9.17, 15) is 14.4 Å². The summed E-state index contributed by atoms with van der Waals surface area (Å²) in [7, 11) is 1.45. The normalized spacial score (nSPS) is 15.9. The third-order valence-corrected chi connectivity index (χ3v) is 7.18. The van der Waals surface area contributed by atoms with Crippen LogP contribution < -0.4 is 16.2 Å². The van der Waals surface area contributed by atoms with Gasteiger partial charge in [-0.3, -0.25) is 19.5 Å². The first-order chi connectivity index (χ1) is 12.8. The number of rotatable bonds is 4. The number of hydrogen-bond donors (Lipinski definition) is 2. The van der Waals surface area contributed by atoms with E-state index in [4.69, 9.17) is 4.98 Å². The van der Waals surface area contributed by atoms with Crippen LogP contribution in [0.5, 0.6) is 0 Å². The largest absolute Gasteiger partial charge is 0.341 e. The summed E-state index contributed by atoms with van der Waals surface area (Å²) in [6.07, 6.45) is 4.07. The van der Waals surface area contributed by atoms with E-state index < -0.39 is 17.2 Å². The van der Waals surface area contributed by atoms with Crippen molar-refractivity contribution in [3.63, 3.8) is 0 Å². The molecule has 146 valence electrons. The lowest BCUT2D eigenvalue weighted by Crippen LogP contribution is -2.41. The second-order valence-electron chi connectivity index (χ2n) is 6.80. The number of hydrogen-bond acceptors (Lipinski definition) is 6. The number of aryl methyl sites for hydroxylation is 2. The fraction of sp³-hybridized carbons (Fsp3) is 0.556. The SMILES string of the molecule is CNC(=O)NC(=O)[C@@H](C)Sc1nc2sc(C)c(C)c2c(=O)n1C1CCCC1. The van der Waals surface area contributed by atoms with E-state index in [2.05, 4.69) is 10.6 Å². The molecule has 9 heteroatoms. The van der Waals surface area contributed by atoms with Crippen molar-refractivity contribution in [2.45, 2.75) is 62.9 Å². The molecule has 3 amide bonds. The maximum Gasteiger partial charge on any atom is 0.321 e. The van der Waals surface area contributed by atoms with Gasteiger partial charge in [0.25, 0.3) is 5.56 Å². The number of nitrogens with zero attached hydrogens (tertiary/aromatic N) is 2. The van der Waals surface area contributed by atoms with Crippen molar-refractivity contribution >= 4 is 45.3 Å². The number of fused-ring (bicyclic) bond motifs is 1. The standard InChI is InChI=1S/C18H24N4O3S2/c1-9-10(2)26-15-13(9)16(24)22(12-7-5-6-8-12)18(21-15)27-11(3)14(23)20-17(25)19-4/h11-12H,5-8H2,1-4H3,(H2,19,20,23,25)/t11-/m1/s1. The van der Waals surface area contributed by atoms with Gasteiger partial charge in [-0.2, -0.15) is 0 Å². The van der Waals surface area contributed by atoms with E-state index in [-0.39, 0.29) is 11.6 Å². The van der Waals surface area contributed by atoms with E-state index in [0.717, 1.165) is 36.1 Å². The summed E-state index contributed by atoms with van der Waals surface area (Å²) in [5.41, 5.74) is 0.969. The molecule has 1 aliphatic rings. The molecule has 1 atom stereocenters. The van der Waals surface area contributed by atoms with Crippen molar-refractivity contribution in [3.05, 3.63) is 20.8 Å². The van der Waals surface area contributed by atoms with Crippen LogP contribution in [0.1, 0.15) is 49.1 Å². The molecular weight excluding hydrogens is 384 g/mol. The molecule has 1 fully saturated rings. The minimum absolute atomic E-state index is 0.0184. The summed E-state index contributed by atoms with van der Waals surface area (Å²) in [5, 5.41) is 5.34. The number of urea groups is 1. The van der Waals surface area contributed by atoms with Gasteiger partial charge in [0.15, 0.2) is 5.16 Å². The number of thioether (sulfide) groups is 1. The van der Waals surface area contributed by atoms with Crippen LogP contribution in [-0.2, 0) is 4.79 Å². The third-order valence-electron chi connectivity index (χ3n) is 5.01. The molecular formula is C18H24N4O3S2. The van der Waals surface area contributed by atoms with Crippen molar-refractivity contribution < 1.29 is 9.59 Å². The maximum absolute atomic E-state index is 13.3. The van der Waals surface area contributed by atoms with Crippen molar-refractivity contribution in [3.8, 4) is 0 Å². The summed E-state index contributed by atoms with van der Waals surface area (Å²) in [4.78, 5) is 43.5. The average molecular weight is 409 g/mol. The Morgan fingerprint density at radius 3 is 2.59 bits per heavy atom. The van der Waals surface area contributed by atoms with Crippen LogP contribution in [0, 0.1) is 13.8 Å². The van der Waals surface area contributed by atoms with Crippen molar-refractivity contribution in [2.24, 2.45) is 0 Å². The molecule has 2 heterocycles. The smallest absolute Gasteiger partial charge is 0.321 e. The van der Waals surface area contributed by atoms with Crippen molar-refractivity contribution in [1.29, 1.82) is 0 Å². The number of imide groups is 1. The van der Waals surface area contributed by atoms with Gasteiger partial charge in [-0.15, -0.1) is 11.3 Å². The zero-order chi connectivity index (χ0) is 19.7. The molecule has 0 unspecified atom stereocenters. The zero-order valence-electron chi connectivity index (χ0n) is 15.9. The first-order valence-corrected chi connectivity index (χ1v) is 10.7. The summed E-state index contributed by atoms with van der Waals surface area (Å²) >= 11 is 2.73. The average Bonchev–Trinajstić information content (AvgIpc) is 3.23. The molecule has 0 bridgehead atoms. The van der Waals surface area contributed by atoms with E-state index in [1.165, 1.54) is 30.1 Å². The van der Waals surface area contributed by atoms with E-state index in [1.807, 2.05) is 13.8 Å². The van der Waals surface area contributed by atoms with Crippen LogP contribution in [0.3, 0.4) is 0 Å². The van der Waals surface area contributed by atoms with Gasteiger partial charge in [0, 0.05) is 18.0 Å². The van der Waals surface area contributed by atoms with Gasteiger partial charge in [-0.25, -0.2) is 9.78 Å². The number of amides is 3. The van der Waals surface area contributed by atoms with Crippen LogP contribution in [0.2, 0.25) is 0 Å². The van der Waals surface area contributed by atoms with Crippen LogP contribution in [-0.4, -0.2) is 33.8 Å². The monoisotopic (exact) mass is 408 g/mol. The summed E-state index contributed by atoms with van der Waals surface area (Å²) in [6, 6.07) is -0.431. The van der Waals surface area contributed by atoms with Gasteiger partial charge in [0.2, 0.25) is 5.91 Å². The Labute approximate surface area is 165 Å². The number of carbonyl (C=O) groups excluding carboxylic acids is 2. The highest BCUT2D eigenvalue weighted by atomic mass is 32.2. The molecule has 7 nitrogen and oxygen atoms in total. The highest BCUT2D eigenvalue weighted by Crippen LogP contribution is 2.35. The molecule has 0 aliphatic heterocycles. The Morgan fingerprint density at radius 1 is 1.30 bits per heavy atom. The second-order valence-corrected chi connectivity index (χ2v) is 9.31. The Morgan fingerprint density at radius 2 is 1.96 bits per heavy atom. The van der Waals surface area contributed by atoms with Crippen LogP contribution in [0.15, 0.2) is 9.95 Å². The van der Waals surface area contributed by atoms with E-state index in [1.54, 1.807) is 11.5 Å². The topological polar surface area (TPSA) is 93.1 Å². The molecule has 2 aromatic rings. The van der Waals surface area contributed by atoms with Gasteiger partial charge < -0.3 is 5.32 Å². The van der Waals surface area contributed by atoms with Crippen LogP contribution in [0.4, 0.5) is 4.79 Å². The number of aromatic nitrogens is 2. The van der Waals surface area contributed by atoms with Crippen LogP contribution in [0.25, 0.3) is 10.2 Å². The molecule has 3 rings (SSSR count). The first kappa shape index (κ1) is 19.9. The summed E-state index contributed by atoms with van der Waals surface area (Å²) in [5.74, 6) is -0.412. The summed E-state index contributed by atoms with van der Waals surface area (Å²) in [6.45, 7) is 5.67. The van der Waals surface area contributed by atoms with E-state index >= 15 is 0 Å². The fourth-order valence-electron chi connectivity index (χ4n) is 3.34. The third kappa shape index (κ3) is 3.89. The predicted octanol–water partition coefficient (Wildman–Crippen LogP) is 3.13. The quantitative estimate of drug-likeness (QED) is 0.599. The van der Waals surface area contributed by atoms with Gasteiger partial charge >= 0.3 is 6.03 Å². The van der Waals surface area contributed by atoms with Crippen molar-refractivity contribution in [1.82, 2.24) is 20.2 Å². The van der Waals surface area contributed by atoms with Gasteiger partial charge in [-0.05, 0) is 39.2 Å². The molecule has 0 radical (unpaired) electrons. The lowest BCUT2D eigenvalue weighted by Gasteiger charge is -2.19. The Hall–Kier alpha value is -1.87. The minimum Gasteiger partial charge on any atom is -0.341 e. The molecule has 2 N–H and O–H groups in total.